The van der Waals surface area contributed by atoms with Gasteiger partial charge < -0.3 is 15.0 Å². The zero-order chi connectivity index (χ0) is 8.81. The molecule has 1 rings (SSSR count). The molecule has 0 saturated carbocycles. The number of rotatable bonds is 5. The molecule has 0 fully saturated rings. The first-order valence-corrected chi connectivity index (χ1v) is 3.96. The number of aromatic nitrogens is 2. The van der Waals surface area contributed by atoms with Crippen molar-refractivity contribution in [2.45, 2.75) is 20.0 Å². The van der Waals surface area contributed by atoms with E-state index in [-0.39, 0.29) is 0 Å². The van der Waals surface area contributed by atoms with E-state index in [0.29, 0.717) is 37.9 Å². The number of hydrogen-bond acceptors (Lipinski definition) is 5. The highest BCUT2D eigenvalue weighted by molar-refractivity contribution is 4.85. The third kappa shape index (κ3) is 2.60. The van der Waals surface area contributed by atoms with Gasteiger partial charge in [0.15, 0.2) is 5.82 Å². The summed E-state index contributed by atoms with van der Waals surface area (Å²) in [6, 6.07) is 0. The maximum Gasteiger partial charge on any atom is 0.252 e. The van der Waals surface area contributed by atoms with Crippen LogP contribution >= 0.6 is 0 Å². The van der Waals surface area contributed by atoms with Crippen molar-refractivity contribution >= 4 is 0 Å². The van der Waals surface area contributed by atoms with E-state index in [2.05, 4.69) is 10.1 Å². The Kier molecular flexibility index (Phi) is 3.69. The van der Waals surface area contributed by atoms with Crippen molar-refractivity contribution in [3.05, 3.63) is 11.7 Å². The summed E-state index contributed by atoms with van der Waals surface area (Å²) in [4.78, 5) is 4.05. The van der Waals surface area contributed by atoms with Crippen LogP contribution in [0.3, 0.4) is 0 Å². The predicted octanol–water partition coefficient (Wildman–Crippen LogP) is 0.107. The Morgan fingerprint density at radius 2 is 2.42 bits per heavy atom. The molecule has 5 heteroatoms. The van der Waals surface area contributed by atoms with Crippen molar-refractivity contribution < 1.29 is 9.26 Å². The van der Waals surface area contributed by atoms with Crippen LogP contribution in [0.4, 0.5) is 0 Å². The van der Waals surface area contributed by atoms with E-state index in [1.807, 2.05) is 6.92 Å². The van der Waals surface area contributed by atoms with E-state index in [1.54, 1.807) is 0 Å². The second kappa shape index (κ2) is 4.84. The van der Waals surface area contributed by atoms with Gasteiger partial charge in [-0.15, -0.1) is 0 Å². The van der Waals surface area contributed by atoms with Crippen molar-refractivity contribution in [2.75, 3.05) is 13.2 Å². The number of nitrogens with zero attached hydrogens (tertiary/aromatic N) is 2. The van der Waals surface area contributed by atoms with Gasteiger partial charge in [-0.3, -0.25) is 0 Å². The highest BCUT2D eigenvalue weighted by atomic mass is 16.5. The van der Waals surface area contributed by atoms with Crippen molar-refractivity contribution in [1.29, 1.82) is 0 Å². The summed E-state index contributed by atoms with van der Waals surface area (Å²) in [7, 11) is 0. The van der Waals surface area contributed by atoms with Crippen LogP contribution in [0.25, 0.3) is 0 Å². The molecule has 2 N–H and O–H groups in total. The zero-order valence-electron chi connectivity index (χ0n) is 7.12. The molecule has 0 unspecified atom stereocenters. The molecule has 0 aliphatic rings. The number of ether oxygens (including phenoxy) is 1. The van der Waals surface area contributed by atoms with Gasteiger partial charge in [-0.2, -0.15) is 4.98 Å². The first-order valence-electron chi connectivity index (χ1n) is 3.96. The summed E-state index contributed by atoms with van der Waals surface area (Å²) in [5.41, 5.74) is 5.32. The summed E-state index contributed by atoms with van der Waals surface area (Å²) in [6.07, 6.45) is 0.648. The number of hydrogen-bond donors (Lipinski definition) is 1. The average Bonchev–Trinajstić information content (AvgIpc) is 2.50. The summed E-state index contributed by atoms with van der Waals surface area (Å²) in [5.74, 6) is 1.16. The molecular formula is C7H13N3O2. The Morgan fingerprint density at radius 1 is 1.58 bits per heavy atom. The fourth-order valence-electron chi connectivity index (χ4n) is 0.769. The first kappa shape index (κ1) is 9.15. The van der Waals surface area contributed by atoms with E-state index in [0.717, 1.165) is 0 Å². The van der Waals surface area contributed by atoms with Crippen molar-refractivity contribution in [3.8, 4) is 0 Å². The molecule has 0 atom stereocenters. The monoisotopic (exact) mass is 171 g/mol. The SMILES string of the molecule is CCOCc1nc(CCN)no1. The van der Waals surface area contributed by atoms with Gasteiger partial charge in [0.1, 0.15) is 6.61 Å². The lowest BCUT2D eigenvalue weighted by atomic mass is 10.4. The van der Waals surface area contributed by atoms with Crippen LogP contribution in [0.15, 0.2) is 4.52 Å². The van der Waals surface area contributed by atoms with Crippen molar-refractivity contribution in [2.24, 2.45) is 5.73 Å². The van der Waals surface area contributed by atoms with E-state index in [4.69, 9.17) is 15.0 Å². The minimum atomic E-state index is 0.383. The van der Waals surface area contributed by atoms with E-state index in [1.165, 1.54) is 0 Å². The third-order valence-corrected chi connectivity index (χ3v) is 1.31. The molecule has 0 saturated heterocycles. The Hall–Kier alpha value is -0.940. The molecule has 1 aromatic heterocycles. The highest BCUT2D eigenvalue weighted by Crippen LogP contribution is 1.98. The van der Waals surface area contributed by atoms with Gasteiger partial charge in [-0.25, -0.2) is 0 Å². The average molecular weight is 171 g/mol. The third-order valence-electron chi connectivity index (χ3n) is 1.31. The smallest absolute Gasteiger partial charge is 0.252 e. The largest absolute Gasteiger partial charge is 0.372 e. The summed E-state index contributed by atoms with van der Waals surface area (Å²) in [6.45, 7) is 3.48. The molecule has 5 nitrogen and oxygen atoms in total. The quantitative estimate of drug-likeness (QED) is 0.680. The van der Waals surface area contributed by atoms with Crippen LogP contribution in [-0.4, -0.2) is 23.3 Å². The van der Waals surface area contributed by atoms with Crippen molar-refractivity contribution in [3.63, 3.8) is 0 Å². The zero-order valence-corrected chi connectivity index (χ0v) is 7.12. The van der Waals surface area contributed by atoms with Gasteiger partial charge in [0.2, 0.25) is 0 Å². The summed E-state index contributed by atoms with van der Waals surface area (Å²) in [5, 5.41) is 3.71. The molecule has 0 bridgehead atoms. The topological polar surface area (TPSA) is 74.2 Å². The minimum absolute atomic E-state index is 0.383. The van der Waals surface area contributed by atoms with Crippen LogP contribution in [0.5, 0.6) is 0 Å². The Labute approximate surface area is 70.9 Å². The normalized spacial score (nSPS) is 10.5. The highest BCUT2D eigenvalue weighted by Gasteiger charge is 2.03. The molecule has 1 heterocycles. The maximum absolute atomic E-state index is 5.32. The van der Waals surface area contributed by atoms with Crippen LogP contribution in [-0.2, 0) is 17.8 Å². The molecule has 0 amide bonds. The Balaban J connectivity index is 2.41. The fraction of sp³-hybridized carbons (Fsp3) is 0.714. The second-order valence-corrected chi connectivity index (χ2v) is 2.28. The van der Waals surface area contributed by atoms with E-state index in [9.17, 15) is 0 Å². The lowest BCUT2D eigenvalue weighted by Gasteiger charge is -1.91. The van der Waals surface area contributed by atoms with Crippen LogP contribution in [0, 0.1) is 0 Å². The molecule has 12 heavy (non-hydrogen) atoms. The number of nitrogens with two attached hydrogens (primary N) is 1. The van der Waals surface area contributed by atoms with E-state index >= 15 is 0 Å². The Morgan fingerprint density at radius 3 is 3.08 bits per heavy atom. The lowest BCUT2D eigenvalue weighted by Crippen LogP contribution is -2.04. The maximum atomic E-state index is 5.32. The van der Waals surface area contributed by atoms with Gasteiger partial charge >= 0.3 is 0 Å². The van der Waals surface area contributed by atoms with Crippen LogP contribution in [0.1, 0.15) is 18.6 Å². The molecule has 0 spiro atoms. The molecule has 0 aliphatic heterocycles. The molecule has 0 aromatic carbocycles. The van der Waals surface area contributed by atoms with Gasteiger partial charge in [0.25, 0.3) is 5.89 Å². The lowest BCUT2D eigenvalue weighted by molar-refractivity contribution is 0.109. The van der Waals surface area contributed by atoms with E-state index < -0.39 is 0 Å². The predicted molar refractivity (Wildman–Crippen MR) is 42.4 cm³/mol. The van der Waals surface area contributed by atoms with Crippen LogP contribution in [0.2, 0.25) is 0 Å². The molecule has 68 valence electrons. The summed E-state index contributed by atoms with van der Waals surface area (Å²) < 4.78 is 9.96. The van der Waals surface area contributed by atoms with Crippen molar-refractivity contribution in [1.82, 2.24) is 10.1 Å². The van der Waals surface area contributed by atoms with Gasteiger partial charge in [0, 0.05) is 13.0 Å². The molecular weight excluding hydrogens is 158 g/mol. The fourth-order valence-corrected chi connectivity index (χ4v) is 0.769. The van der Waals surface area contributed by atoms with Gasteiger partial charge in [-0.1, -0.05) is 5.16 Å². The van der Waals surface area contributed by atoms with Gasteiger partial charge in [0.05, 0.1) is 0 Å². The molecule has 1 aromatic rings. The molecule has 0 radical (unpaired) electrons. The minimum Gasteiger partial charge on any atom is -0.372 e. The second-order valence-electron chi connectivity index (χ2n) is 2.28. The van der Waals surface area contributed by atoms with Crippen LogP contribution < -0.4 is 5.73 Å². The summed E-state index contributed by atoms with van der Waals surface area (Å²) >= 11 is 0. The molecule has 0 aliphatic carbocycles. The Bertz CT molecular complexity index is 224. The standard InChI is InChI=1S/C7H13N3O2/c1-2-11-5-7-9-6(3-4-8)10-12-7/h2-5,8H2,1H3. The van der Waals surface area contributed by atoms with Gasteiger partial charge in [-0.05, 0) is 13.5 Å². The first-order chi connectivity index (χ1) is 5.86.